The summed E-state index contributed by atoms with van der Waals surface area (Å²) in [5.74, 6) is -8.31. The predicted octanol–water partition coefficient (Wildman–Crippen LogP) is 2.80. The molecule has 4 nitrogen and oxygen atoms in total. The van der Waals surface area contributed by atoms with Crippen LogP contribution in [0.5, 0.6) is 5.75 Å². The Morgan fingerprint density at radius 1 is 1.55 bits per heavy atom. The number of halogens is 5. The number of carbonyl (C=O) groups is 1. The number of benzene rings is 1. The molecule has 0 fully saturated rings. The summed E-state index contributed by atoms with van der Waals surface area (Å²) >= 11 is 5.59. The molecule has 1 rings (SSSR count). The number of aromatic hydroxyl groups is 1. The Bertz CT molecular complexity index is 500. The minimum atomic E-state index is -4.15. The molecule has 0 spiro atoms. The monoisotopic (exact) mass is 333 g/mol. The van der Waals surface area contributed by atoms with Crippen molar-refractivity contribution < 1.29 is 27.8 Å². The Balaban J connectivity index is 0.00000361. The van der Waals surface area contributed by atoms with Gasteiger partial charge in [0, 0.05) is 10.6 Å². The van der Waals surface area contributed by atoms with E-state index in [2.05, 4.69) is 4.74 Å². The third-order valence-corrected chi connectivity index (χ3v) is 2.69. The van der Waals surface area contributed by atoms with Gasteiger partial charge in [-0.05, 0) is 19.1 Å². The average molecular weight is 334 g/mol. The maximum Gasteiger partial charge on any atom is 0.379 e. The Morgan fingerprint density at radius 3 is 2.60 bits per heavy atom. The van der Waals surface area contributed by atoms with Crippen LogP contribution in [0, 0.1) is 5.82 Å². The van der Waals surface area contributed by atoms with Gasteiger partial charge in [-0.2, -0.15) is 8.78 Å². The standard InChI is InChI=1S/C11H11ClF3NO3.ClH/c1-2-19-10(18)11(14,15)9(16)7-5(12)3-4-6(13)8(7)17;/h3-4,9,17H,2,16H2,1H3;1H/t9-;/m0./s1. The zero-order valence-corrected chi connectivity index (χ0v) is 11.8. The van der Waals surface area contributed by atoms with Crippen LogP contribution in [0.4, 0.5) is 13.2 Å². The van der Waals surface area contributed by atoms with Gasteiger partial charge < -0.3 is 15.6 Å². The number of esters is 1. The minimum Gasteiger partial charge on any atom is -0.505 e. The van der Waals surface area contributed by atoms with E-state index in [0.29, 0.717) is 0 Å². The zero-order chi connectivity index (χ0) is 14.8. The van der Waals surface area contributed by atoms with E-state index in [1.807, 2.05) is 0 Å². The van der Waals surface area contributed by atoms with Crippen LogP contribution in [0.25, 0.3) is 0 Å². The Morgan fingerprint density at radius 2 is 2.10 bits per heavy atom. The number of ether oxygens (including phenoxy) is 1. The summed E-state index contributed by atoms with van der Waals surface area (Å²) in [4.78, 5) is 11.1. The second kappa shape index (κ2) is 7.01. The minimum absolute atomic E-state index is 0. The van der Waals surface area contributed by atoms with E-state index in [4.69, 9.17) is 17.3 Å². The highest BCUT2D eigenvalue weighted by molar-refractivity contribution is 6.31. The van der Waals surface area contributed by atoms with Crippen molar-refractivity contribution in [2.75, 3.05) is 6.61 Å². The molecule has 0 bridgehead atoms. The Kier molecular flexibility index (Phi) is 6.60. The van der Waals surface area contributed by atoms with Crippen molar-refractivity contribution in [3.05, 3.63) is 28.5 Å². The maximum atomic E-state index is 13.7. The van der Waals surface area contributed by atoms with Gasteiger partial charge in [-0.15, -0.1) is 12.4 Å². The summed E-state index contributed by atoms with van der Waals surface area (Å²) in [6.07, 6.45) is 0. The van der Waals surface area contributed by atoms with Crippen molar-refractivity contribution in [1.29, 1.82) is 0 Å². The second-order valence-corrected chi connectivity index (χ2v) is 4.02. The molecule has 0 saturated carbocycles. The molecule has 3 N–H and O–H groups in total. The zero-order valence-electron chi connectivity index (χ0n) is 10.2. The van der Waals surface area contributed by atoms with Gasteiger partial charge in [0.25, 0.3) is 0 Å². The lowest BCUT2D eigenvalue weighted by Crippen LogP contribution is -2.42. The van der Waals surface area contributed by atoms with Crippen molar-refractivity contribution >= 4 is 30.0 Å². The van der Waals surface area contributed by atoms with E-state index in [1.165, 1.54) is 6.92 Å². The van der Waals surface area contributed by atoms with Crippen molar-refractivity contribution in [3.8, 4) is 5.75 Å². The number of hydrogen-bond donors (Lipinski definition) is 2. The van der Waals surface area contributed by atoms with Crippen molar-refractivity contribution in [2.45, 2.75) is 18.9 Å². The van der Waals surface area contributed by atoms with Crippen LogP contribution >= 0.6 is 24.0 Å². The van der Waals surface area contributed by atoms with Crippen molar-refractivity contribution in [1.82, 2.24) is 0 Å². The van der Waals surface area contributed by atoms with Crippen LogP contribution in [-0.4, -0.2) is 23.6 Å². The van der Waals surface area contributed by atoms with E-state index >= 15 is 0 Å². The first-order valence-electron chi connectivity index (χ1n) is 5.20. The molecule has 0 aliphatic rings. The molecule has 1 atom stereocenters. The van der Waals surface area contributed by atoms with Crippen molar-refractivity contribution in [3.63, 3.8) is 0 Å². The first kappa shape index (κ1) is 18.8. The first-order chi connectivity index (χ1) is 8.73. The molecule has 0 heterocycles. The van der Waals surface area contributed by atoms with Crippen LogP contribution < -0.4 is 5.73 Å². The Hall–Kier alpha value is -1.18. The molecule has 20 heavy (non-hydrogen) atoms. The highest BCUT2D eigenvalue weighted by Gasteiger charge is 2.49. The molecule has 0 radical (unpaired) electrons. The first-order valence-corrected chi connectivity index (χ1v) is 5.58. The number of hydrogen-bond acceptors (Lipinski definition) is 4. The van der Waals surface area contributed by atoms with Crippen LogP contribution in [0.15, 0.2) is 12.1 Å². The molecule has 0 aliphatic carbocycles. The van der Waals surface area contributed by atoms with Gasteiger partial charge in [-0.3, -0.25) is 0 Å². The lowest BCUT2D eigenvalue weighted by Gasteiger charge is -2.23. The van der Waals surface area contributed by atoms with Crippen LogP contribution in [0.2, 0.25) is 5.02 Å². The van der Waals surface area contributed by atoms with Gasteiger partial charge in [0.2, 0.25) is 0 Å². The lowest BCUT2D eigenvalue weighted by molar-refractivity contribution is -0.174. The molecular weight excluding hydrogens is 322 g/mol. The summed E-state index contributed by atoms with van der Waals surface area (Å²) in [5, 5.41) is 9.02. The van der Waals surface area contributed by atoms with Gasteiger partial charge >= 0.3 is 11.9 Å². The van der Waals surface area contributed by atoms with Gasteiger partial charge in [-0.1, -0.05) is 11.6 Å². The number of phenols is 1. The molecule has 0 amide bonds. The van der Waals surface area contributed by atoms with Gasteiger partial charge in [0.05, 0.1) is 6.61 Å². The fourth-order valence-corrected chi connectivity index (χ4v) is 1.66. The quantitative estimate of drug-likeness (QED) is 0.831. The third-order valence-electron chi connectivity index (χ3n) is 2.36. The largest absolute Gasteiger partial charge is 0.505 e. The Labute approximate surface area is 124 Å². The van der Waals surface area contributed by atoms with Crippen molar-refractivity contribution in [2.24, 2.45) is 5.73 Å². The normalized spacial score (nSPS) is 12.5. The molecule has 0 aliphatic heterocycles. The van der Waals surface area contributed by atoms with Crippen LogP contribution in [0.3, 0.4) is 0 Å². The van der Waals surface area contributed by atoms with E-state index in [-0.39, 0.29) is 24.0 Å². The molecular formula is C11H12Cl2F3NO3. The van der Waals surface area contributed by atoms with Crippen LogP contribution in [0.1, 0.15) is 18.5 Å². The molecule has 9 heteroatoms. The molecule has 0 saturated heterocycles. The smallest absolute Gasteiger partial charge is 0.379 e. The van der Waals surface area contributed by atoms with E-state index in [0.717, 1.165) is 12.1 Å². The highest BCUT2D eigenvalue weighted by atomic mass is 35.5. The van der Waals surface area contributed by atoms with Crippen LogP contribution in [-0.2, 0) is 9.53 Å². The number of nitrogens with two attached hydrogens (primary N) is 1. The number of carbonyl (C=O) groups excluding carboxylic acids is 1. The lowest BCUT2D eigenvalue weighted by atomic mass is 10.00. The third kappa shape index (κ3) is 3.47. The SMILES string of the molecule is CCOC(=O)C(F)(F)[C@@H](N)c1c(Cl)ccc(F)c1O.Cl. The predicted molar refractivity (Wildman–Crippen MR) is 68.8 cm³/mol. The number of alkyl halides is 2. The average Bonchev–Trinajstić information content (AvgIpc) is 2.34. The summed E-state index contributed by atoms with van der Waals surface area (Å²) in [7, 11) is 0. The number of rotatable bonds is 4. The summed E-state index contributed by atoms with van der Waals surface area (Å²) in [5.41, 5.74) is 4.46. The molecule has 114 valence electrons. The highest BCUT2D eigenvalue weighted by Crippen LogP contribution is 2.40. The summed E-state index contributed by atoms with van der Waals surface area (Å²) < 4.78 is 44.7. The van der Waals surface area contributed by atoms with Gasteiger partial charge in [0.1, 0.15) is 6.04 Å². The molecule has 1 aromatic carbocycles. The number of phenolic OH excluding ortho intramolecular Hbond substituents is 1. The topological polar surface area (TPSA) is 72.5 Å². The summed E-state index contributed by atoms with van der Waals surface area (Å²) in [6.45, 7) is 1.07. The second-order valence-electron chi connectivity index (χ2n) is 3.61. The van der Waals surface area contributed by atoms with E-state index in [1.54, 1.807) is 0 Å². The fourth-order valence-electron chi connectivity index (χ4n) is 1.39. The van der Waals surface area contributed by atoms with E-state index in [9.17, 15) is 23.1 Å². The molecule has 1 aromatic rings. The maximum absolute atomic E-state index is 13.7. The van der Waals surface area contributed by atoms with E-state index < -0.39 is 35.1 Å². The summed E-state index contributed by atoms with van der Waals surface area (Å²) in [6, 6.07) is -0.585. The molecule has 0 aromatic heterocycles. The molecule has 0 unspecified atom stereocenters. The fraction of sp³-hybridized carbons (Fsp3) is 0.364. The van der Waals surface area contributed by atoms with Gasteiger partial charge in [0.15, 0.2) is 11.6 Å². The van der Waals surface area contributed by atoms with Gasteiger partial charge in [-0.25, -0.2) is 9.18 Å².